The SMILES string of the molecule is CCCN1C(=S)N[C@H](c2ccccn2)[C@H]1c1ccc(-c2ccc(Br)cc2F)o1. The molecule has 7 heteroatoms. The quantitative estimate of drug-likeness (QED) is 0.501. The van der Waals surface area contributed by atoms with Crippen LogP contribution in [0.3, 0.4) is 0 Å². The molecule has 1 aliphatic rings. The van der Waals surface area contributed by atoms with Gasteiger partial charge in [0.05, 0.1) is 17.3 Å². The maximum atomic E-state index is 14.4. The van der Waals surface area contributed by atoms with Crippen LogP contribution in [0.2, 0.25) is 0 Å². The summed E-state index contributed by atoms with van der Waals surface area (Å²) in [5.74, 6) is 0.893. The first-order valence-electron chi connectivity index (χ1n) is 9.11. The van der Waals surface area contributed by atoms with Gasteiger partial charge in [0.2, 0.25) is 0 Å². The van der Waals surface area contributed by atoms with Gasteiger partial charge >= 0.3 is 0 Å². The van der Waals surface area contributed by atoms with Crippen LogP contribution in [0.15, 0.2) is 63.6 Å². The van der Waals surface area contributed by atoms with Gasteiger partial charge in [-0.05, 0) is 61.1 Å². The molecule has 0 unspecified atom stereocenters. The minimum atomic E-state index is -0.331. The maximum Gasteiger partial charge on any atom is 0.170 e. The molecule has 3 aromatic rings. The molecular formula is C21H19BrFN3OS. The van der Waals surface area contributed by atoms with Gasteiger partial charge in [-0.1, -0.05) is 28.9 Å². The third-order valence-corrected chi connectivity index (χ3v) is 5.62. The number of thiocarbonyl (C=S) groups is 1. The summed E-state index contributed by atoms with van der Waals surface area (Å²) in [5, 5.41) is 4.05. The second-order valence-electron chi connectivity index (χ2n) is 6.65. The molecule has 4 rings (SSSR count). The number of nitrogens with zero attached hydrogens (tertiary/aromatic N) is 2. The maximum absolute atomic E-state index is 14.4. The highest BCUT2D eigenvalue weighted by atomic mass is 79.9. The Morgan fingerprint density at radius 2 is 2.11 bits per heavy atom. The van der Waals surface area contributed by atoms with Crippen molar-refractivity contribution in [2.24, 2.45) is 0 Å². The number of nitrogens with one attached hydrogen (secondary N) is 1. The smallest absolute Gasteiger partial charge is 0.170 e. The molecule has 28 heavy (non-hydrogen) atoms. The Kier molecular flexibility index (Phi) is 5.46. The molecule has 0 amide bonds. The fourth-order valence-electron chi connectivity index (χ4n) is 3.54. The number of hydrogen-bond acceptors (Lipinski definition) is 3. The van der Waals surface area contributed by atoms with E-state index in [0.29, 0.717) is 20.9 Å². The lowest BCUT2D eigenvalue weighted by molar-refractivity contribution is 0.275. The number of benzene rings is 1. The van der Waals surface area contributed by atoms with E-state index in [-0.39, 0.29) is 17.9 Å². The Morgan fingerprint density at radius 1 is 1.25 bits per heavy atom. The summed E-state index contributed by atoms with van der Waals surface area (Å²) in [7, 11) is 0. The number of rotatable bonds is 5. The molecule has 0 aliphatic carbocycles. The van der Waals surface area contributed by atoms with Crippen molar-refractivity contribution in [3.63, 3.8) is 0 Å². The number of pyridine rings is 1. The Bertz CT molecular complexity index is 994. The number of halogens is 2. The molecule has 2 aromatic heterocycles. The average molecular weight is 460 g/mol. The van der Waals surface area contributed by atoms with Crippen LogP contribution in [0.4, 0.5) is 4.39 Å². The van der Waals surface area contributed by atoms with Crippen LogP contribution >= 0.6 is 28.1 Å². The summed E-state index contributed by atoms with van der Waals surface area (Å²) in [5.41, 5.74) is 1.32. The van der Waals surface area contributed by atoms with E-state index in [1.807, 2.05) is 30.3 Å². The van der Waals surface area contributed by atoms with Crippen LogP contribution in [-0.2, 0) is 0 Å². The van der Waals surface area contributed by atoms with E-state index in [0.717, 1.165) is 24.4 Å². The van der Waals surface area contributed by atoms with E-state index < -0.39 is 0 Å². The Labute approximate surface area is 176 Å². The first-order chi connectivity index (χ1) is 13.6. The van der Waals surface area contributed by atoms with Crippen molar-refractivity contribution in [1.29, 1.82) is 0 Å². The lowest BCUT2D eigenvalue weighted by Crippen LogP contribution is -2.30. The molecule has 0 spiro atoms. The molecule has 1 N–H and O–H groups in total. The molecule has 1 aromatic carbocycles. The summed E-state index contributed by atoms with van der Waals surface area (Å²) in [6, 6.07) is 14.2. The molecule has 1 saturated heterocycles. The standard InChI is InChI=1S/C21H19BrFN3OS/c1-2-11-26-20(19(25-21(26)28)16-5-3-4-10-24-16)18-9-8-17(27-18)14-7-6-13(22)12-15(14)23/h3-10,12,19-20H,2,11H2,1H3,(H,25,28)/t19-,20-/m1/s1. The van der Waals surface area contributed by atoms with Gasteiger partial charge in [-0.3, -0.25) is 4.98 Å². The van der Waals surface area contributed by atoms with Crippen LogP contribution in [0.1, 0.15) is 36.9 Å². The van der Waals surface area contributed by atoms with E-state index >= 15 is 0 Å². The minimum Gasteiger partial charge on any atom is -0.459 e. The van der Waals surface area contributed by atoms with E-state index in [9.17, 15) is 4.39 Å². The predicted octanol–water partition coefficient (Wildman–Crippen LogP) is 5.63. The average Bonchev–Trinajstić information content (AvgIpc) is 3.28. The monoisotopic (exact) mass is 459 g/mol. The summed E-state index contributed by atoms with van der Waals surface area (Å²) >= 11 is 8.86. The highest BCUT2D eigenvalue weighted by Crippen LogP contribution is 2.40. The first kappa shape index (κ1) is 19.1. The minimum absolute atomic E-state index is 0.131. The summed E-state index contributed by atoms with van der Waals surface area (Å²) in [4.78, 5) is 6.62. The number of furan rings is 1. The molecular weight excluding hydrogens is 441 g/mol. The van der Waals surface area contributed by atoms with Gasteiger partial charge in [-0.25, -0.2) is 4.39 Å². The first-order valence-corrected chi connectivity index (χ1v) is 10.3. The fourth-order valence-corrected chi connectivity index (χ4v) is 4.21. The zero-order valence-electron chi connectivity index (χ0n) is 15.2. The van der Waals surface area contributed by atoms with Gasteiger partial charge in [0.1, 0.15) is 23.4 Å². The van der Waals surface area contributed by atoms with Crippen molar-refractivity contribution >= 4 is 33.3 Å². The largest absolute Gasteiger partial charge is 0.459 e. The summed E-state index contributed by atoms with van der Waals surface area (Å²) in [6.45, 7) is 2.90. The zero-order chi connectivity index (χ0) is 19.7. The predicted molar refractivity (Wildman–Crippen MR) is 114 cm³/mol. The topological polar surface area (TPSA) is 41.3 Å². The van der Waals surface area contributed by atoms with Gasteiger partial charge in [0.15, 0.2) is 5.11 Å². The highest BCUT2D eigenvalue weighted by Gasteiger charge is 2.41. The summed E-state index contributed by atoms with van der Waals surface area (Å²) in [6.07, 6.45) is 2.71. The molecule has 1 fully saturated rings. The van der Waals surface area contributed by atoms with Gasteiger partial charge in [-0.2, -0.15) is 0 Å². The molecule has 144 valence electrons. The van der Waals surface area contributed by atoms with Crippen molar-refractivity contribution in [3.8, 4) is 11.3 Å². The fraction of sp³-hybridized carbons (Fsp3) is 0.238. The Morgan fingerprint density at radius 3 is 2.82 bits per heavy atom. The summed E-state index contributed by atoms with van der Waals surface area (Å²) < 4.78 is 21.2. The van der Waals surface area contributed by atoms with Crippen LogP contribution in [0, 0.1) is 5.82 Å². The lowest BCUT2D eigenvalue weighted by atomic mass is 10.0. The molecule has 3 heterocycles. The molecule has 2 atom stereocenters. The van der Waals surface area contributed by atoms with E-state index in [1.165, 1.54) is 6.07 Å². The molecule has 0 bridgehead atoms. The van der Waals surface area contributed by atoms with Crippen molar-refractivity contribution in [2.45, 2.75) is 25.4 Å². The Balaban J connectivity index is 1.73. The van der Waals surface area contributed by atoms with Gasteiger partial charge < -0.3 is 14.6 Å². The van der Waals surface area contributed by atoms with Crippen molar-refractivity contribution in [3.05, 3.63) is 76.5 Å². The van der Waals surface area contributed by atoms with Crippen molar-refractivity contribution in [2.75, 3.05) is 6.54 Å². The van der Waals surface area contributed by atoms with Crippen LogP contribution in [0.25, 0.3) is 11.3 Å². The molecule has 0 saturated carbocycles. The Hall–Kier alpha value is -2.25. The second-order valence-corrected chi connectivity index (χ2v) is 7.95. The zero-order valence-corrected chi connectivity index (χ0v) is 17.6. The van der Waals surface area contributed by atoms with E-state index in [1.54, 1.807) is 18.3 Å². The lowest BCUT2D eigenvalue weighted by Gasteiger charge is -2.25. The second kappa shape index (κ2) is 8.01. The van der Waals surface area contributed by atoms with Crippen LogP contribution in [0.5, 0.6) is 0 Å². The van der Waals surface area contributed by atoms with Crippen LogP contribution in [-0.4, -0.2) is 21.5 Å². The number of hydrogen-bond donors (Lipinski definition) is 1. The van der Waals surface area contributed by atoms with Crippen molar-refractivity contribution in [1.82, 2.24) is 15.2 Å². The third kappa shape index (κ3) is 3.56. The van der Waals surface area contributed by atoms with E-state index in [4.69, 9.17) is 16.6 Å². The molecule has 1 aliphatic heterocycles. The normalized spacial score (nSPS) is 19.1. The third-order valence-electron chi connectivity index (χ3n) is 4.78. The van der Waals surface area contributed by atoms with E-state index in [2.05, 4.69) is 38.1 Å². The van der Waals surface area contributed by atoms with Crippen LogP contribution < -0.4 is 5.32 Å². The molecule has 4 nitrogen and oxygen atoms in total. The van der Waals surface area contributed by atoms with Gasteiger partial charge in [0.25, 0.3) is 0 Å². The van der Waals surface area contributed by atoms with Crippen molar-refractivity contribution < 1.29 is 8.81 Å². The highest BCUT2D eigenvalue weighted by molar-refractivity contribution is 9.10. The molecule has 0 radical (unpaired) electrons. The van der Waals surface area contributed by atoms with Gasteiger partial charge in [-0.15, -0.1) is 0 Å². The van der Waals surface area contributed by atoms with Gasteiger partial charge in [0, 0.05) is 17.2 Å². The number of aromatic nitrogens is 1.